The molecular weight excluding hydrogens is 641 g/mol. The van der Waals surface area contributed by atoms with Crippen LogP contribution in [0.4, 0.5) is 13.2 Å². The minimum atomic E-state index is -4.79. The number of rotatable bonds is 13. The van der Waals surface area contributed by atoms with E-state index in [0.29, 0.717) is 28.9 Å². The lowest BCUT2D eigenvalue weighted by atomic mass is 10.0. The van der Waals surface area contributed by atoms with Gasteiger partial charge in [0.1, 0.15) is 18.5 Å². The fourth-order valence-corrected chi connectivity index (χ4v) is 5.35. The van der Waals surface area contributed by atoms with Gasteiger partial charge in [-0.15, -0.1) is 6.58 Å². The van der Waals surface area contributed by atoms with Gasteiger partial charge in [0.25, 0.3) is 0 Å². The van der Waals surface area contributed by atoms with E-state index in [9.17, 15) is 22.8 Å². The molecule has 0 N–H and O–H groups in total. The van der Waals surface area contributed by atoms with Crippen molar-refractivity contribution in [3.63, 3.8) is 0 Å². The monoisotopic (exact) mass is 678 g/mol. The summed E-state index contributed by atoms with van der Waals surface area (Å²) in [5.74, 6) is -0.750. The van der Waals surface area contributed by atoms with Crippen LogP contribution in [0.25, 0.3) is 0 Å². The molecular formula is C37H37F3N2O7. The first-order valence-corrected chi connectivity index (χ1v) is 15.7. The Balaban J connectivity index is 1.45. The van der Waals surface area contributed by atoms with E-state index < -0.39 is 42.3 Å². The number of alkyl halides is 3. The second-order valence-electron chi connectivity index (χ2n) is 11.7. The van der Waals surface area contributed by atoms with E-state index in [2.05, 4.69) is 11.7 Å². The van der Waals surface area contributed by atoms with Crippen molar-refractivity contribution in [1.29, 1.82) is 0 Å². The van der Waals surface area contributed by atoms with Crippen LogP contribution in [0.1, 0.15) is 63.7 Å². The maximum Gasteiger partial charge on any atom is 0.435 e. The lowest BCUT2D eigenvalue weighted by molar-refractivity contribution is -0.187. The quantitative estimate of drug-likeness (QED) is 0.106. The van der Waals surface area contributed by atoms with Gasteiger partial charge >= 0.3 is 18.1 Å². The summed E-state index contributed by atoms with van der Waals surface area (Å²) < 4.78 is 73.6. The van der Waals surface area contributed by atoms with Gasteiger partial charge in [0.2, 0.25) is 12.2 Å². The molecule has 3 aromatic carbocycles. The Morgan fingerprint density at radius 2 is 1.57 bits per heavy atom. The van der Waals surface area contributed by atoms with Crippen LogP contribution in [0, 0.1) is 0 Å². The zero-order valence-corrected chi connectivity index (χ0v) is 27.2. The molecule has 1 aromatic heterocycles. The first kappa shape index (κ1) is 35.2. The minimum absolute atomic E-state index is 0.00328. The third-order valence-electron chi connectivity index (χ3n) is 7.82. The fourth-order valence-electron chi connectivity index (χ4n) is 5.35. The van der Waals surface area contributed by atoms with Crippen molar-refractivity contribution < 1.29 is 46.4 Å². The zero-order valence-electron chi connectivity index (χ0n) is 27.2. The highest BCUT2D eigenvalue weighted by molar-refractivity contribution is 5.89. The Kier molecular flexibility index (Phi) is 11.4. The average Bonchev–Trinajstić information content (AvgIpc) is 3.44. The van der Waals surface area contributed by atoms with E-state index in [4.69, 9.17) is 23.7 Å². The number of allylic oxidation sites excluding steroid dienone is 1. The number of halogens is 3. The molecule has 12 heteroatoms. The maximum absolute atomic E-state index is 14.5. The molecule has 1 fully saturated rings. The summed E-state index contributed by atoms with van der Waals surface area (Å²) in [6, 6.07) is 23.4. The van der Waals surface area contributed by atoms with Gasteiger partial charge in [-0.1, -0.05) is 54.1 Å². The van der Waals surface area contributed by atoms with Crippen LogP contribution in [0.2, 0.25) is 0 Å². The standard InChI is InChI=1S/C37H37F3N2O7/c1-24(2)18-19-42-34(31(33(41-42)37(38,39)40)20-25-14-16-28(45-3)17-15-25)49-32-22-29(48-36(44)27-12-8-5-9-13-27)21-30(47-32)23-46-35(43)26-10-6-4-7-11-26/h4-17,29-30,32H,1,18-23H2,2-3H3. The van der Waals surface area contributed by atoms with Crippen molar-refractivity contribution >= 4 is 11.9 Å². The number of methoxy groups -OCH3 is 1. The largest absolute Gasteiger partial charge is 0.497 e. The van der Waals surface area contributed by atoms with Crippen LogP contribution in [0.5, 0.6) is 11.6 Å². The Bertz CT molecular complexity index is 1720. The third-order valence-corrected chi connectivity index (χ3v) is 7.82. The van der Waals surface area contributed by atoms with E-state index >= 15 is 0 Å². The van der Waals surface area contributed by atoms with Crippen molar-refractivity contribution in [3.05, 3.63) is 125 Å². The highest BCUT2D eigenvalue weighted by atomic mass is 19.4. The molecule has 49 heavy (non-hydrogen) atoms. The lowest BCUT2D eigenvalue weighted by Gasteiger charge is -2.34. The molecule has 0 spiro atoms. The summed E-state index contributed by atoms with van der Waals surface area (Å²) in [5.41, 5.74) is 0.708. The fraction of sp³-hybridized carbons (Fsp3) is 0.324. The van der Waals surface area contributed by atoms with E-state index in [0.717, 1.165) is 5.57 Å². The highest BCUT2D eigenvalue weighted by Crippen LogP contribution is 2.39. The summed E-state index contributed by atoms with van der Waals surface area (Å²) in [4.78, 5) is 25.7. The van der Waals surface area contributed by atoms with Crippen molar-refractivity contribution in [2.45, 2.75) is 63.8 Å². The first-order chi connectivity index (χ1) is 23.5. The smallest absolute Gasteiger partial charge is 0.435 e. The van der Waals surface area contributed by atoms with Crippen LogP contribution in [-0.4, -0.2) is 53.9 Å². The molecule has 258 valence electrons. The number of nitrogens with zero attached hydrogens (tertiary/aromatic N) is 2. The number of hydrogen-bond acceptors (Lipinski definition) is 8. The van der Waals surface area contributed by atoms with Gasteiger partial charge in [0, 0.05) is 25.8 Å². The topological polar surface area (TPSA) is 98.1 Å². The van der Waals surface area contributed by atoms with E-state index in [1.165, 1.54) is 11.8 Å². The Labute approximate surface area is 282 Å². The molecule has 4 aromatic rings. The predicted molar refractivity (Wildman–Crippen MR) is 173 cm³/mol. The molecule has 0 saturated carbocycles. The SMILES string of the molecule is C=C(C)CCn1nc(C(F)(F)F)c(Cc2ccc(OC)cc2)c1OC1CC(OC(=O)c2ccccc2)CC(COC(=O)c2ccccc2)O1. The van der Waals surface area contributed by atoms with Gasteiger partial charge in [-0.25, -0.2) is 14.3 Å². The molecule has 9 nitrogen and oxygen atoms in total. The number of carbonyl (C=O) groups is 2. The number of carbonyl (C=O) groups excluding carboxylic acids is 2. The number of aromatic nitrogens is 2. The molecule has 2 heterocycles. The van der Waals surface area contributed by atoms with Crippen molar-refractivity contribution in [2.75, 3.05) is 13.7 Å². The average molecular weight is 679 g/mol. The van der Waals surface area contributed by atoms with Crippen molar-refractivity contribution in [2.24, 2.45) is 0 Å². The summed E-state index contributed by atoms with van der Waals surface area (Å²) in [5, 5.41) is 3.96. The second kappa shape index (κ2) is 15.9. The molecule has 0 amide bonds. The highest BCUT2D eigenvalue weighted by Gasteiger charge is 2.41. The number of aryl methyl sites for hydroxylation is 1. The normalized spacial score (nSPS) is 17.6. The minimum Gasteiger partial charge on any atom is -0.497 e. The lowest BCUT2D eigenvalue weighted by Crippen LogP contribution is -2.43. The van der Waals surface area contributed by atoms with Crippen LogP contribution < -0.4 is 9.47 Å². The first-order valence-electron chi connectivity index (χ1n) is 15.7. The maximum atomic E-state index is 14.5. The molecule has 0 bridgehead atoms. The summed E-state index contributed by atoms with van der Waals surface area (Å²) >= 11 is 0. The molecule has 5 rings (SSSR count). The number of benzene rings is 3. The van der Waals surface area contributed by atoms with Gasteiger partial charge in [-0.05, 0) is 55.3 Å². The van der Waals surface area contributed by atoms with Crippen LogP contribution in [0.15, 0.2) is 97.1 Å². The molecule has 3 unspecified atom stereocenters. The molecule has 0 radical (unpaired) electrons. The van der Waals surface area contributed by atoms with Gasteiger partial charge in [-0.2, -0.15) is 18.3 Å². The molecule has 0 aliphatic carbocycles. The van der Waals surface area contributed by atoms with E-state index in [1.807, 2.05) is 0 Å². The van der Waals surface area contributed by atoms with Crippen LogP contribution >= 0.6 is 0 Å². The summed E-state index contributed by atoms with van der Waals surface area (Å²) in [7, 11) is 1.50. The molecule has 3 atom stereocenters. The summed E-state index contributed by atoms with van der Waals surface area (Å²) in [6.45, 7) is 5.49. The van der Waals surface area contributed by atoms with Crippen LogP contribution in [-0.2, 0) is 33.4 Å². The van der Waals surface area contributed by atoms with E-state index in [-0.39, 0.29) is 43.9 Å². The molecule has 1 saturated heterocycles. The van der Waals surface area contributed by atoms with Gasteiger partial charge < -0.3 is 23.7 Å². The van der Waals surface area contributed by atoms with Crippen molar-refractivity contribution in [3.8, 4) is 11.6 Å². The summed E-state index contributed by atoms with van der Waals surface area (Å²) in [6.07, 6.45) is -7.21. The second-order valence-corrected chi connectivity index (χ2v) is 11.7. The third kappa shape index (κ3) is 9.50. The Morgan fingerprint density at radius 1 is 0.939 bits per heavy atom. The van der Waals surface area contributed by atoms with Crippen LogP contribution in [0.3, 0.4) is 0 Å². The van der Waals surface area contributed by atoms with Gasteiger partial charge in [0.15, 0.2) is 5.69 Å². The predicted octanol–water partition coefficient (Wildman–Crippen LogP) is 7.43. The van der Waals surface area contributed by atoms with Gasteiger partial charge in [-0.3, -0.25) is 0 Å². The Hall–Kier alpha value is -5.10. The number of hydrogen-bond donors (Lipinski definition) is 0. The zero-order chi connectivity index (χ0) is 35.0. The number of esters is 2. The van der Waals surface area contributed by atoms with E-state index in [1.54, 1.807) is 91.9 Å². The Morgan fingerprint density at radius 3 is 2.16 bits per heavy atom. The number of ether oxygens (including phenoxy) is 5. The molecule has 1 aliphatic rings. The molecule has 1 aliphatic heterocycles. The van der Waals surface area contributed by atoms with Gasteiger partial charge in [0.05, 0.1) is 29.9 Å². The van der Waals surface area contributed by atoms with Crippen molar-refractivity contribution in [1.82, 2.24) is 9.78 Å².